The zero-order valence-electron chi connectivity index (χ0n) is 10.9. The summed E-state index contributed by atoms with van der Waals surface area (Å²) in [7, 11) is 0. The van der Waals surface area contributed by atoms with Gasteiger partial charge >= 0.3 is 0 Å². The Balaban J connectivity index is 1.88. The van der Waals surface area contributed by atoms with E-state index < -0.39 is 0 Å². The smallest absolute Gasteiger partial charge is 0.223 e. The van der Waals surface area contributed by atoms with Crippen molar-refractivity contribution >= 4 is 0 Å². The minimum absolute atomic E-state index is 0.0337. The number of hydrogen-bond acceptors (Lipinski definition) is 6. The first kappa shape index (κ1) is 13.4. The second-order valence-corrected chi connectivity index (χ2v) is 4.40. The number of phenols is 2. The highest BCUT2D eigenvalue weighted by atomic mass is 16.5. The van der Waals surface area contributed by atoms with Crippen LogP contribution >= 0.6 is 0 Å². The summed E-state index contributed by atoms with van der Waals surface area (Å²) in [4.78, 5) is 4.11. The maximum atomic E-state index is 9.74. The zero-order valence-corrected chi connectivity index (χ0v) is 10.9. The number of phenolic OH excluding ortho intramolecular Hbond substituents is 2. The SMILES string of the molecule is Cc1nc(CCNC(C)c2ccc(O)cc2O)no1. The molecule has 1 atom stereocenters. The number of hydrogen-bond donors (Lipinski definition) is 3. The molecule has 0 aliphatic carbocycles. The molecule has 2 aromatic rings. The number of nitrogens with one attached hydrogen (secondary N) is 1. The predicted octanol–water partition coefficient (Wildman–Crippen LogP) is 1.68. The molecule has 3 N–H and O–H groups in total. The van der Waals surface area contributed by atoms with Gasteiger partial charge in [-0.25, -0.2) is 0 Å². The molecular formula is C13H17N3O3. The maximum Gasteiger partial charge on any atom is 0.223 e. The third kappa shape index (κ3) is 3.45. The standard InChI is InChI=1S/C13H17N3O3/c1-8(11-4-3-10(17)7-12(11)18)14-6-5-13-15-9(2)19-16-13/h3-4,7-8,14,17-18H,5-6H2,1-2H3. The molecule has 1 heterocycles. The average molecular weight is 263 g/mol. The monoisotopic (exact) mass is 263 g/mol. The number of rotatable bonds is 5. The van der Waals surface area contributed by atoms with Gasteiger partial charge in [-0.1, -0.05) is 11.2 Å². The molecule has 6 heteroatoms. The summed E-state index contributed by atoms with van der Waals surface area (Å²) in [5.41, 5.74) is 0.738. The lowest BCUT2D eigenvalue weighted by Crippen LogP contribution is -2.21. The third-order valence-electron chi connectivity index (χ3n) is 2.85. The Morgan fingerprint density at radius 1 is 1.37 bits per heavy atom. The van der Waals surface area contributed by atoms with Crippen LogP contribution in [-0.2, 0) is 6.42 Å². The van der Waals surface area contributed by atoms with Crippen LogP contribution in [-0.4, -0.2) is 26.9 Å². The highest BCUT2D eigenvalue weighted by Gasteiger charge is 2.11. The van der Waals surface area contributed by atoms with Crippen molar-refractivity contribution in [1.29, 1.82) is 0 Å². The number of aromatic nitrogens is 2. The molecule has 0 spiro atoms. The fourth-order valence-electron chi connectivity index (χ4n) is 1.85. The van der Waals surface area contributed by atoms with E-state index in [-0.39, 0.29) is 17.5 Å². The Bertz CT molecular complexity index is 554. The lowest BCUT2D eigenvalue weighted by molar-refractivity contribution is 0.386. The van der Waals surface area contributed by atoms with Crippen molar-refractivity contribution in [2.75, 3.05) is 6.54 Å². The van der Waals surface area contributed by atoms with Crippen LogP contribution < -0.4 is 5.32 Å². The van der Waals surface area contributed by atoms with E-state index in [4.69, 9.17) is 4.52 Å². The van der Waals surface area contributed by atoms with E-state index in [2.05, 4.69) is 15.5 Å². The van der Waals surface area contributed by atoms with Crippen LogP contribution in [0.15, 0.2) is 22.7 Å². The van der Waals surface area contributed by atoms with Crippen LogP contribution in [0.4, 0.5) is 0 Å². The largest absolute Gasteiger partial charge is 0.508 e. The predicted molar refractivity (Wildman–Crippen MR) is 68.9 cm³/mol. The Morgan fingerprint density at radius 3 is 2.79 bits per heavy atom. The van der Waals surface area contributed by atoms with Gasteiger partial charge in [-0.05, 0) is 13.0 Å². The number of aromatic hydroxyl groups is 2. The highest BCUT2D eigenvalue weighted by Crippen LogP contribution is 2.27. The van der Waals surface area contributed by atoms with Crippen LogP contribution in [0.25, 0.3) is 0 Å². The molecule has 2 rings (SSSR count). The van der Waals surface area contributed by atoms with E-state index in [1.54, 1.807) is 19.1 Å². The molecule has 0 fully saturated rings. The van der Waals surface area contributed by atoms with E-state index in [1.807, 2.05) is 6.92 Å². The van der Waals surface area contributed by atoms with E-state index in [0.29, 0.717) is 24.7 Å². The topological polar surface area (TPSA) is 91.4 Å². The minimum Gasteiger partial charge on any atom is -0.508 e. The van der Waals surface area contributed by atoms with Crippen LogP contribution in [0.3, 0.4) is 0 Å². The van der Waals surface area contributed by atoms with Crippen LogP contribution in [0.5, 0.6) is 11.5 Å². The summed E-state index contributed by atoms with van der Waals surface area (Å²) in [5, 5.41) is 26.0. The molecule has 19 heavy (non-hydrogen) atoms. The van der Waals surface area contributed by atoms with Gasteiger partial charge in [-0.3, -0.25) is 0 Å². The first-order valence-electron chi connectivity index (χ1n) is 6.10. The number of benzene rings is 1. The van der Waals surface area contributed by atoms with Gasteiger partial charge in [0.1, 0.15) is 11.5 Å². The van der Waals surface area contributed by atoms with Gasteiger partial charge in [0.2, 0.25) is 5.89 Å². The number of nitrogens with zero attached hydrogens (tertiary/aromatic N) is 2. The molecule has 1 aromatic heterocycles. The molecular weight excluding hydrogens is 246 g/mol. The van der Waals surface area contributed by atoms with Crippen molar-refractivity contribution in [3.8, 4) is 11.5 Å². The van der Waals surface area contributed by atoms with Gasteiger partial charge in [0.05, 0.1) is 0 Å². The quantitative estimate of drug-likeness (QED) is 0.760. The van der Waals surface area contributed by atoms with Crippen molar-refractivity contribution in [2.45, 2.75) is 26.3 Å². The molecule has 0 saturated carbocycles. The Hall–Kier alpha value is -2.08. The molecule has 0 bridgehead atoms. The zero-order chi connectivity index (χ0) is 13.8. The van der Waals surface area contributed by atoms with Gasteiger partial charge < -0.3 is 20.1 Å². The highest BCUT2D eigenvalue weighted by molar-refractivity contribution is 5.40. The van der Waals surface area contributed by atoms with E-state index in [1.165, 1.54) is 6.07 Å². The molecule has 6 nitrogen and oxygen atoms in total. The van der Waals surface area contributed by atoms with Gasteiger partial charge in [-0.2, -0.15) is 4.98 Å². The molecule has 0 aliphatic rings. The summed E-state index contributed by atoms with van der Waals surface area (Å²) in [6, 6.07) is 4.54. The van der Waals surface area contributed by atoms with E-state index in [9.17, 15) is 10.2 Å². The molecule has 102 valence electrons. The van der Waals surface area contributed by atoms with Crippen LogP contribution in [0.1, 0.15) is 30.2 Å². The first-order chi connectivity index (χ1) is 9.06. The molecule has 0 amide bonds. The Morgan fingerprint density at radius 2 is 2.16 bits per heavy atom. The van der Waals surface area contributed by atoms with Crippen LogP contribution in [0.2, 0.25) is 0 Å². The van der Waals surface area contributed by atoms with Crippen molar-refractivity contribution in [3.05, 3.63) is 35.5 Å². The van der Waals surface area contributed by atoms with Gasteiger partial charge in [-0.15, -0.1) is 0 Å². The Kier molecular flexibility index (Phi) is 4.01. The van der Waals surface area contributed by atoms with Crippen molar-refractivity contribution in [2.24, 2.45) is 0 Å². The van der Waals surface area contributed by atoms with Gasteiger partial charge in [0, 0.05) is 37.6 Å². The number of aryl methyl sites for hydroxylation is 1. The second kappa shape index (κ2) is 5.71. The van der Waals surface area contributed by atoms with Crippen molar-refractivity contribution in [1.82, 2.24) is 15.5 Å². The molecule has 1 unspecified atom stereocenters. The van der Waals surface area contributed by atoms with E-state index in [0.717, 1.165) is 5.56 Å². The lowest BCUT2D eigenvalue weighted by Gasteiger charge is -2.15. The molecule has 0 radical (unpaired) electrons. The molecule has 0 saturated heterocycles. The lowest BCUT2D eigenvalue weighted by atomic mass is 10.1. The van der Waals surface area contributed by atoms with Crippen LogP contribution in [0, 0.1) is 6.92 Å². The normalized spacial score (nSPS) is 12.5. The minimum atomic E-state index is -0.0337. The van der Waals surface area contributed by atoms with Gasteiger partial charge in [0.15, 0.2) is 5.82 Å². The summed E-state index contributed by atoms with van der Waals surface area (Å²) in [6.45, 7) is 4.36. The molecule has 0 aliphatic heterocycles. The summed E-state index contributed by atoms with van der Waals surface area (Å²) in [6.07, 6.45) is 0.653. The first-order valence-corrected chi connectivity index (χ1v) is 6.10. The molecule has 1 aromatic carbocycles. The fraction of sp³-hybridized carbons (Fsp3) is 0.385. The van der Waals surface area contributed by atoms with Crippen molar-refractivity contribution < 1.29 is 14.7 Å². The van der Waals surface area contributed by atoms with Crippen molar-refractivity contribution in [3.63, 3.8) is 0 Å². The second-order valence-electron chi connectivity index (χ2n) is 4.40. The summed E-state index contributed by atoms with van der Waals surface area (Å²) >= 11 is 0. The fourth-order valence-corrected chi connectivity index (χ4v) is 1.85. The third-order valence-corrected chi connectivity index (χ3v) is 2.85. The maximum absolute atomic E-state index is 9.74. The van der Waals surface area contributed by atoms with E-state index >= 15 is 0 Å². The summed E-state index contributed by atoms with van der Waals surface area (Å²) in [5.74, 6) is 1.34. The van der Waals surface area contributed by atoms with Gasteiger partial charge in [0.25, 0.3) is 0 Å². The Labute approximate surface area is 111 Å². The average Bonchev–Trinajstić information content (AvgIpc) is 2.75. The summed E-state index contributed by atoms with van der Waals surface area (Å²) < 4.78 is 4.88.